The first-order valence-corrected chi connectivity index (χ1v) is 9.29. The number of rotatable bonds is 5. The molecular weight excluding hydrogens is 338 g/mol. The molecule has 1 heterocycles. The van der Waals surface area contributed by atoms with Crippen LogP contribution in [0.4, 0.5) is 0 Å². The number of methoxy groups -OCH3 is 1. The Kier molecular flexibility index (Phi) is 6.07. The Morgan fingerprint density at radius 1 is 1.04 bits per heavy atom. The SMILES string of the molecule is COc1ccc(C(=O)C2CCN(C(=O)C=Cc3ccccc3C)CC2)cc1. The highest BCUT2D eigenvalue weighted by molar-refractivity contribution is 5.98. The van der Waals surface area contributed by atoms with Crippen molar-refractivity contribution in [2.24, 2.45) is 5.92 Å². The van der Waals surface area contributed by atoms with Gasteiger partial charge in [-0.05, 0) is 61.2 Å². The van der Waals surface area contributed by atoms with E-state index in [-0.39, 0.29) is 17.6 Å². The fraction of sp³-hybridized carbons (Fsp3) is 0.304. The number of hydrogen-bond acceptors (Lipinski definition) is 3. The monoisotopic (exact) mass is 363 g/mol. The summed E-state index contributed by atoms with van der Waals surface area (Å²) < 4.78 is 5.14. The maximum atomic E-state index is 12.7. The summed E-state index contributed by atoms with van der Waals surface area (Å²) in [5.41, 5.74) is 2.90. The molecule has 2 aromatic carbocycles. The molecule has 2 aromatic rings. The first-order valence-electron chi connectivity index (χ1n) is 9.29. The number of aryl methyl sites for hydroxylation is 1. The van der Waals surface area contributed by atoms with Gasteiger partial charge in [-0.3, -0.25) is 9.59 Å². The van der Waals surface area contributed by atoms with Crippen molar-refractivity contribution in [3.8, 4) is 5.75 Å². The largest absolute Gasteiger partial charge is 0.497 e. The van der Waals surface area contributed by atoms with E-state index in [1.165, 1.54) is 0 Å². The number of piperidine rings is 1. The summed E-state index contributed by atoms with van der Waals surface area (Å²) >= 11 is 0. The molecule has 1 aliphatic rings. The van der Waals surface area contributed by atoms with Crippen LogP contribution in [0.3, 0.4) is 0 Å². The zero-order valence-corrected chi connectivity index (χ0v) is 15.9. The molecule has 0 N–H and O–H groups in total. The third-order valence-corrected chi connectivity index (χ3v) is 5.15. The Morgan fingerprint density at radius 3 is 2.33 bits per heavy atom. The van der Waals surface area contributed by atoms with Crippen LogP contribution in [0.15, 0.2) is 54.6 Å². The summed E-state index contributed by atoms with van der Waals surface area (Å²) in [6, 6.07) is 15.2. The van der Waals surface area contributed by atoms with Gasteiger partial charge in [0.15, 0.2) is 5.78 Å². The van der Waals surface area contributed by atoms with E-state index in [0.717, 1.165) is 16.9 Å². The Labute approximate surface area is 160 Å². The molecule has 1 amide bonds. The quantitative estimate of drug-likeness (QED) is 0.592. The molecule has 0 atom stereocenters. The zero-order valence-electron chi connectivity index (χ0n) is 15.9. The van der Waals surface area contributed by atoms with Crippen LogP contribution in [-0.4, -0.2) is 36.8 Å². The summed E-state index contributed by atoms with van der Waals surface area (Å²) in [5.74, 6) is 0.879. The molecule has 1 aliphatic heterocycles. The number of carbonyl (C=O) groups is 2. The smallest absolute Gasteiger partial charge is 0.246 e. The number of ether oxygens (including phenoxy) is 1. The Bertz CT molecular complexity index is 831. The zero-order chi connectivity index (χ0) is 19.2. The van der Waals surface area contributed by atoms with Crippen LogP contribution >= 0.6 is 0 Å². The van der Waals surface area contributed by atoms with Gasteiger partial charge in [-0.2, -0.15) is 0 Å². The minimum atomic E-state index is -0.0252. The van der Waals surface area contributed by atoms with Crippen LogP contribution in [0.25, 0.3) is 6.08 Å². The van der Waals surface area contributed by atoms with Gasteiger partial charge in [0.05, 0.1) is 7.11 Å². The van der Waals surface area contributed by atoms with Crippen molar-refractivity contribution < 1.29 is 14.3 Å². The van der Waals surface area contributed by atoms with Crippen LogP contribution in [-0.2, 0) is 4.79 Å². The molecule has 0 spiro atoms. The molecule has 0 radical (unpaired) electrons. The molecular formula is C23H25NO3. The third-order valence-electron chi connectivity index (χ3n) is 5.15. The van der Waals surface area contributed by atoms with E-state index < -0.39 is 0 Å². The Hall–Kier alpha value is -2.88. The molecule has 3 rings (SSSR count). The summed E-state index contributed by atoms with van der Waals surface area (Å²) in [4.78, 5) is 26.9. The summed E-state index contributed by atoms with van der Waals surface area (Å²) in [6.07, 6.45) is 4.91. The summed E-state index contributed by atoms with van der Waals surface area (Å²) in [6.45, 7) is 3.26. The van der Waals surface area contributed by atoms with E-state index in [1.54, 1.807) is 13.2 Å². The molecule has 0 aliphatic carbocycles. The van der Waals surface area contributed by atoms with Gasteiger partial charge >= 0.3 is 0 Å². The molecule has 1 fully saturated rings. The highest BCUT2D eigenvalue weighted by Gasteiger charge is 2.27. The molecule has 27 heavy (non-hydrogen) atoms. The Balaban J connectivity index is 1.55. The van der Waals surface area contributed by atoms with E-state index in [1.807, 2.05) is 66.4 Å². The van der Waals surface area contributed by atoms with Crippen LogP contribution in [0, 0.1) is 12.8 Å². The van der Waals surface area contributed by atoms with Gasteiger partial charge in [0.25, 0.3) is 0 Å². The van der Waals surface area contributed by atoms with Crippen LogP contribution < -0.4 is 4.74 Å². The highest BCUT2D eigenvalue weighted by atomic mass is 16.5. The average molecular weight is 363 g/mol. The number of benzene rings is 2. The fourth-order valence-electron chi connectivity index (χ4n) is 3.39. The lowest BCUT2D eigenvalue weighted by molar-refractivity contribution is -0.127. The van der Waals surface area contributed by atoms with Gasteiger partial charge in [0, 0.05) is 30.6 Å². The van der Waals surface area contributed by atoms with Gasteiger partial charge in [0.1, 0.15) is 5.75 Å². The predicted molar refractivity (Wildman–Crippen MR) is 107 cm³/mol. The van der Waals surface area contributed by atoms with E-state index in [4.69, 9.17) is 4.74 Å². The molecule has 4 nitrogen and oxygen atoms in total. The number of amides is 1. The first kappa shape index (κ1) is 18.9. The van der Waals surface area contributed by atoms with Gasteiger partial charge in [0.2, 0.25) is 5.91 Å². The second-order valence-electron chi connectivity index (χ2n) is 6.88. The van der Waals surface area contributed by atoms with Gasteiger partial charge in [-0.1, -0.05) is 24.3 Å². The van der Waals surface area contributed by atoms with Crippen molar-refractivity contribution in [3.63, 3.8) is 0 Å². The number of nitrogens with zero attached hydrogens (tertiary/aromatic N) is 1. The van der Waals surface area contributed by atoms with Crippen molar-refractivity contribution in [2.75, 3.05) is 20.2 Å². The predicted octanol–water partition coefficient (Wildman–Crippen LogP) is 4.14. The van der Waals surface area contributed by atoms with Crippen molar-refractivity contribution >= 4 is 17.8 Å². The number of ketones is 1. The topological polar surface area (TPSA) is 46.6 Å². The lowest BCUT2D eigenvalue weighted by Crippen LogP contribution is -2.39. The third kappa shape index (κ3) is 4.64. The van der Waals surface area contributed by atoms with E-state index in [9.17, 15) is 9.59 Å². The molecule has 140 valence electrons. The average Bonchev–Trinajstić information content (AvgIpc) is 2.72. The number of Topliss-reactive ketones (excluding diaryl/α,β-unsaturated/α-hetero) is 1. The van der Waals surface area contributed by atoms with Crippen molar-refractivity contribution in [1.29, 1.82) is 0 Å². The van der Waals surface area contributed by atoms with Crippen LogP contribution in [0.1, 0.15) is 34.3 Å². The lowest BCUT2D eigenvalue weighted by Gasteiger charge is -2.30. The molecule has 4 heteroatoms. The second-order valence-corrected chi connectivity index (χ2v) is 6.88. The summed E-state index contributed by atoms with van der Waals surface area (Å²) in [5, 5.41) is 0. The molecule has 0 unspecified atom stereocenters. The lowest BCUT2D eigenvalue weighted by atomic mass is 9.89. The second kappa shape index (κ2) is 8.67. The maximum Gasteiger partial charge on any atom is 0.246 e. The highest BCUT2D eigenvalue weighted by Crippen LogP contribution is 2.23. The van der Waals surface area contributed by atoms with Crippen molar-refractivity contribution in [3.05, 3.63) is 71.3 Å². The number of carbonyl (C=O) groups excluding carboxylic acids is 2. The van der Waals surface area contributed by atoms with Crippen molar-refractivity contribution in [2.45, 2.75) is 19.8 Å². The minimum absolute atomic E-state index is 0.00796. The van der Waals surface area contributed by atoms with Crippen LogP contribution in [0.2, 0.25) is 0 Å². The van der Waals surface area contributed by atoms with Crippen molar-refractivity contribution in [1.82, 2.24) is 4.90 Å². The minimum Gasteiger partial charge on any atom is -0.497 e. The fourth-order valence-corrected chi connectivity index (χ4v) is 3.39. The molecule has 0 bridgehead atoms. The Morgan fingerprint density at radius 2 is 1.70 bits per heavy atom. The van der Waals surface area contributed by atoms with Crippen LogP contribution in [0.5, 0.6) is 5.75 Å². The number of hydrogen-bond donors (Lipinski definition) is 0. The normalized spacial score (nSPS) is 15.1. The number of likely N-dealkylation sites (tertiary alicyclic amines) is 1. The van der Waals surface area contributed by atoms with E-state index >= 15 is 0 Å². The van der Waals surface area contributed by atoms with E-state index in [2.05, 4.69) is 0 Å². The first-order chi connectivity index (χ1) is 13.1. The molecule has 0 aromatic heterocycles. The summed E-state index contributed by atoms with van der Waals surface area (Å²) in [7, 11) is 1.61. The van der Waals surface area contributed by atoms with Gasteiger partial charge in [-0.25, -0.2) is 0 Å². The van der Waals surface area contributed by atoms with Gasteiger partial charge < -0.3 is 9.64 Å². The van der Waals surface area contributed by atoms with E-state index in [0.29, 0.717) is 31.5 Å². The standard InChI is InChI=1S/C23H25NO3/c1-17-5-3-4-6-18(17)9-12-22(25)24-15-13-20(14-16-24)23(26)19-7-10-21(27-2)11-8-19/h3-12,20H,13-16H2,1-2H3. The molecule has 1 saturated heterocycles. The maximum absolute atomic E-state index is 12.7. The molecule has 0 saturated carbocycles. The van der Waals surface area contributed by atoms with Gasteiger partial charge in [-0.15, -0.1) is 0 Å².